The van der Waals surface area contributed by atoms with E-state index in [1.165, 1.54) is 0 Å². The number of hydrogen-bond acceptors (Lipinski definition) is 4. The number of nitrogens with zero attached hydrogens (tertiary/aromatic N) is 2. The Balaban J connectivity index is 2.06. The minimum atomic E-state index is -0.132. The van der Waals surface area contributed by atoms with Gasteiger partial charge in [-0.05, 0) is 29.8 Å². The minimum Gasteiger partial charge on any atom is -0.271 e. The Bertz CT molecular complexity index is 682. The molecule has 2 heterocycles. The van der Waals surface area contributed by atoms with Crippen molar-refractivity contribution in [3.05, 3.63) is 72.2 Å². The molecule has 0 amide bonds. The quantitative estimate of drug-likeness (QED) is 0.552. The van der Waals surface area contributed by atoms with Gasteiger partial charge in [-0.25, -0.2) is 5.43 Å². The Morgan fingerprint density at radius 2 is 1.84 bits per heavy atom. The van der Waals surface area contributed by atoms with Crippen LogP contribution in [0.15, 0.2) is 60.9 Å². The highest BCUT2D eigenvalue weighted by Crippen LogP contribution is 2.22. The van der Waals surface area contributed by atoms with Gasteiger partial charge in [0.15, 0.2) is 0 Å². The van der Waals surface area contributed by atoms with Gasteiger partial charge < -0.3 is 0 Å². The van der Waals surface area contributed by atoms with Crippen molar-refractivity contribution in [3.8, 4) is 0 Å². The summed E-state index contributed by atoms with van der Waals surface area (Å²) in [5.41, 5.74) is 5.70. The predicted octanol–water partition coefficient (Wildman–Crippen LogP) is 2.18. The van der Waals surface area contributed by atoms with Gasteiger partial charge in [-0.15, -0.1) is 0 Å². The van der Waals surface area contributed by atoms with E-state index in [4.69, 9.17) is 5.84 Å². The van der Waals surface area contributed by atoms with Crippen LogP contribution in [0.2, 0.25) is 0 Å². The van der Waals surface area contributed by atoms with Gasteiger partial charge in [-0.1, -0.05) is 24.3 Å². The van der Waals surface area contributed by atoms with Crippen LogP contribution in [0.25, 0.3) is 10.9 Å². The summed E-state index contributed by atoms with van der Waals surface area (Å²) in [4.78, 5) is 8.71. The molecule has 1 atom stereocenters. The lowest BCUT2D eigenvalue weighted by Crippen LogP contribution is -2.29. The zero-order valence-corrected chi connectivity index (χ0v) is 10.3. The van der Waals surface area contributed by atoms with Gasteiger partial charge in [0.25, 0.3) is 0 Å². The van der Waals surface area contributed by atoms with Crippen LogP contribution in [0.1, 0.15) is 17.3 Å². The summed E-state index contributed by atoms with van der Waals surface area (Å²) >= 11 is 0. The minimum absolute atomic E-state index is 0.132. The van der Waals surface area contributed by atoms with Gasteiger partial charge in [0, 0.05) is 17.8 Å². The summed E-state index contributed by atoms with van der Waals surface area (Å²) in [6.07, 6.45) is 3.55. The molecule has 4 nitrogen and oxygen atoms in total. The summed E-state index contributed by atoms with van der Waals surface area (Å²) < 4.78 is 0. The number of hydrazine groups is 1. The first-order valence-electron chi connectivity index (χ1n) is 6.10. The Morgan fingerprint density at radius 1 is 0.947 bits per heavy atom. The first-order chi connectivity index (χ1) is 9.38. The van der Waals surface area contributed by atoms with Crippen molar-refractivity contribution in [2.75, 3.05) is 0 Å². The molecule has 0 fully saturated rings. The normalized spacial score (nSPS) is 12.5. The summed E-state index contributed by atoms with van der Waals surface area (Å²) in [5, 5.41) is 1.11. The molecular formula is C15H14N4. The molecule has 0 bridgehead atoms. The zero-order chi connectivity index (χ0) is 13.1. The molecule has 1 aromatic carbocycles. The molecule has 4 heteroatoms. The van der Waals surface area contributed by atoms with Gasteiger partial charge in [-0.2, -0.15) is 0 Å². The number of benzene rings is 1. The fourth-order valence-corrected chi connectivity index (χ4v) is 2.16. The highest BCUT2D eigenvalue weighted by molar-refractivity contribution is 5.79. The third-order valence-corrected chi connectivity index (χ3v) is 3.11. The van der Waals surface area contributed by atoms with Gasteiger partial charge in [0.2, 0.25) is 0 Å². The second-order valence-electron chi connectivity index (χ2n) is 4.31. The van der Waals surface area contributed by atoms with Crippen LogP contribution in [0, 0.1) is 0 Å². The highest BCUT2D eigenvalue weighted by Gasteiger charge is 2.13. The molecule has 0 saturated carbocycles. The molecule has 2 aromatic heterocycles. The van der Waals surface area contributed by atoms with E-state index < -0.39 is 0 Å². The number of hydrogen-bond donors (Lipinski definition) is 2. The topological polar surface area (TPSA) is 63.8 Å². The first-order valence-corrected chi connectivity index (χ1v) is 6.10. The number of aromatic nitrogens is 2. The third kappa shape index (κ3) is 2.31. The largest absolute Gasteiger partial charge is 0.271 e. The Kier molecular flexibility index (Phi) is 3.18. The van der Waals surface area contributed by atoms with Crippen LogP contribution in [0.4, 0.5) is 0 Å². The van der Waals surface area contributed by atoms with E-state index in [1.807, 2.05) is 48.5 Å². The summed E-state index contributed by atoms with van der Waals surface area (Å²) in [6.45, 7) is 0. The maximum absolute atomic E-state index is 5.67. The maximum atomic E-state index is 5.67. The van der Waals surface area contributed by atoms with Crippen molar-refractivity contribution < 1.29 is 0 Å². The molecule has 0 aliphatic heterocycles. The molecular weight excluding hydrogens is 236 g/mol. The van der Waals surface area contributed by atoms with E-state index in [2.05, 4.69) is 15.4 Å². The van der Waals surface area contributed by atoms with Crippen molar-refractivity contribution in [1.82, 2.24) is 15.4 Å². The molecule has 3 aromatic rings. The van der Waals surface area contributed by atoms with Crippen molar-refractivity contribution in [1.29, 1.82) is 0 Å². The predicted molar refractivity (Wildman–Crippen MR) is 75.1 cm³/mol. The number of fused-ring (bicyclic) bond motifs is 1. The van der Waals surface area contributed by atoms with E-state index in [9.17, 15) is 0 Å². The lowest BCUT2D eigenvalue weighted by Gasteiger charge is -2.16. The standard InChI is InChI=1S/C15H14N4/c16-19-15(13-5-1-2-8-17-13)12-7-6-11-4-3-9-18-14(11)10-12/h1-10,15,19H,16H2. The number of nitrogens with two attached hydrogens (primary N) is 1. The smallest absolute Gasteiger partial charge is 0.0882 e. The second-order valence-corrected chi connectivity index (χ2v) is 4.31. The van der Waals surface area contributed by atoms with E-state index >= 15 is 0 Å². The van der Waals surface area contributed by atoms with Crippen molar-refractivity contribution in [3.63, 3.8) is 0 Å². The lowest BCUT2D eigenvalue weighted by molar-refractivity contribution is 0.621. The van der Waals surface area contributed by atoms with Crippen molar-refractivity contribution >= 4 is 10.9 Å². The van der Waals surface area contributed by atoms with Gasteiger partial charge in [0.1, 0.15) is 0 Å². The first kappa shape index (κ1) is 11.8. The highest BCUT2D eigenvalue weighted by atomic mass is 15.2. The van der Waals surface area contributed by atoms with E-state index in [0.29, 0.717) is 0 Å². The fraction of sp³-hybridized carbons (Fsp3) is 0.0667. The zero-order valence-electron chi connectivity index (χ0n) is 10.3. The molecule has 3 N–H and O–H groups in total. The number of nitrogens with one attached hydrogen (secondary N) is 1. The molecule has 0 saturated heterocycles. The molecule has 0 aliphatic rings. The number of rotatable bonds is 3. The third-order valence-electron chi connectivity index (χ3n) is 3.11. The summed E-state index contributed by atoms with van der Waals surface area (Å²) in [5.74, 6) is 5.67. The Hall–Kier alpha value is -2.30. The van der Waals surface area contributed by atoms with Crippen LogP contribution in [-0.4, -0.2) is 9.97 Å². The van der Waals surface area contributed by atoms with Crippen molar-refractivity contribution in [2.24, 2.45) is 5.84 Å². The van der Waals surface area contributed by atoms with Gasteiger partial charge >= 0.3 is 0 Å². The van der Waals surface area contributed by atoms with E-state index in [0.717, 1.165) is 22.2 Å². The Labute approximate surface area is 111 Å². The molecule has 3 rings (SSSR count). The Morgan fingerprint density at radius 3 is 2.63 bits per heavy atom. The summed E-state index contributed by atoms with van der Waals surface area (Å²) in [7, 11) is 0. The fourth-order valence-electron chi connectivity index (χ4n) is 2.16. The van der Waals surface area contributed by atoms with Crippen LogP contribution in [0.5, 0.6) is 0 Å². The average molecular weight is 250 g/mol. The maximum Gasteiger partial charge on any atom is 0.0882 e. The van der Waals surface area contributed by atoms with Gasteiger partial charge in [-0.3, -0.25) is 15.8 Å². The molecule has 0 radical (unpaired) electrons. The van der Waals surface area contributed by atoms with E-state index in [-0.39, 0.29) is 6.04 Å². The summed E-state index contributed by atoms with van der Waals surface area (Å²) in [6, 6.07) is 15.8. The van der Waals surface area contributed by atoms with Crippen molar-refractivity contribution in [2.45, 2.75) is 6.04 Å². The van der Waals surface area contributed by atoms with Gasteiger partial charge in [0.05, 0.1) is 17.3 Å². The monoisotopic (exact) mass is 250 g/mol. The molecule has 1 unspecified atom stereocenters. The molecule has 0 aliphatic carbocycles. The molecule has 0 spiro atoms. The van der Waals surface area contributed by atoms with E-state index in [1.54, 1.807) is 12.4 Å². The SMILES string of the molecule is NNC(c1ccc2cccnc2c1)c1ccccn1. The number of pyridine rings is 2. The van der Waals surface area contributed by atoms with Crippen LogP contribution in [0.3, 0.4) is 0 Å². The van der Waals surface area contributed by atoms with Crippen LogP contribution < -0.4 is 11.3 Å². The van der Waals surface area contributed by atoms with Crippen LogP contribution in [-0.2, 0) is 0 Å². The van der Waals surface area contributed by atoms with Crippen LogP contribution >= 0.6 is 0 Å². The second kappa shape index (κ2) is 5.14. The lowest BCUT2D eigenvalue weighted by atomic mass is 10.0. The molecule has 94 valence electrons. The average Bonchev–Trinajstić information content (AvgIpc) is 2.49. The molecule has 19 heavy (non-hydrogen) atoms.